The number of anilines is 1. The molecule has 74 valence electrons. The van der Waals surface area contributed by atoms with E-state index in [1.807, 2.05) is 0 Å². The molecule has 0 saturated heterocycles. The van der Waals surface area contributed by atoms with Gasteiger partial charge in [0.15, 0.2) is 5.82 Å². The molecule has 0 spiro atoms. The van der Waals surface area contributed by atoms with Crippen molar-refractivity contribution in [2.75, 3.05) is 5.73 Å². The Bertz CT molecular complexity index is 283. The summed E-state index contributed by atoms with van der Waals surface area (Å²) in [6.45, 7) is 0.338. The van der Waals surface area contributed by atoms with Crippen LogP contribution in [0.25, 0.3) is 0 Å². The van der Waals surface area contributed by atoms with Crippen LogP contribution in [0.5, 0.6) is 0 Å². The van der Waals surface area contributed by atoms with Crippen LogP contribution in [-0.4, -0.2) is 20.9 Å². The largest absolute Gasteiger partial charge is 0.481 e. The van der Waals surface area contributed by atoms with E-state index in [1.54, 1.807) is 6.20 Å². The highest BCUT2D eigenvalue weighted by molar-refractivity contribution is 9.10. The molecule has 0 atom stereocenters. The zero-order chi connectivity index (χ0) is 9.14. The molecule has 0 fully saturated rings. The first-order valence-electron chi connectivity index (χ1n) is 3.30. The minimum atomic E-state index is -0.847. The number of rotatable bonds is 3. The van der Waals surface area contributed by atoms with Gasteiger partial charge < -0.3 is 10.8 Å². The maximum Gasteiger partial charge on any atom is 0.305 e. The Balaban J connectivity index is 0.00000144. The molecule has 0 aliphatic rings. The van der Waals surface area contributed by atoms with Gasteiger partial charge in [-0.05, 0) is 15.9 Å². The van der Waals surface area contributed by atoms with Gasteiger partial charge in [-0.2, -0.15) is 5.10 Å². The predicted molar refractivity (Wildman–Crippen MR) is 53.8 cm³/mol. The number of hydrogen-bond acceptors (Lipinski definition) is 3. The summed E-state index contributed by atoms with van der Waals surface area (Å²) in [7, 11) is 0. The van der Waals surface area contributed by atoms with E-state index in [1.165, 1.54) is 4.68 Å². The highest BCUT2D eigenvalue weighted by atomic mass is 79.9. The molecule has 0 aliphatic carbocycles. The van der Waals surface area contributed by atoms with Crippen LogP contribution in [0.4, 0.5) is 5.82 Å². The first kappa shape index (κ1) is 12.2. The van der Waals surface area contributed by atoms with Crippen LogP contribution in [0.1, 0.15) is 6.42 Å². The molecule has 13 heavy (non-hydrogen) atoms. The number of aliphatic carboxylic acids is 1. The van der Waals surface area contributed by atoms with Crippen LogP contribution in [0.15, 0.2) is 10.7 Å². The molecule has 5 nitrogen and oxygen atoms in total. The van der Waals surface area contributed by atoms with E-state index in [4.69, 9.17) is 10.8 Å². The zero-order valence-electron chi connectivity index (χ0n) is 6.61. The molecule has 0 saturated carbocycles. The first-order valence-corrected chi connectivity index (χ1v) is 4.09. The van der Waals surface area contributed by atoms with Crippen LogP contribution >= 0.6 is 28.3 Å². The lowest BCUT2D eigenvalue weighted by molar-refractivity contribution is -0.137. The van der Waals surface area contributed by atoms with Crippen LogP contribution in [0, 0.1) is 0 Å². The summed E-state index contributed by atoms with van der Waals surface area (Å²) in [4.78, 5) is 10.2. The van der Waals surface area contributed by atoms with E-state index in [2.05, 4.69) is 21.0 Å². The Morgan fingerprint density at radius 3 is 2.77 bits per heavy atom. The van der Waals surface area contributed by atoms with Crippen LogP contribution in [0.2, 0.25) is 0 Å². The van der Waals surface area contributed by atoms with Crippen molar-refractivity contribution >= 4 is 40.1 Å². The number of nitrogens with zero attached hydrogens (tertiary/aromatic N) is 2. The zero-order valence-corrected chi connectivity index (χ0v) is 9.01. The molecule has 0 unspecified atom stereocenters. The smallest absolute Gasteiger partial charge is 0.305 e. The van der Waals surface area contributed by atoms with Crippen LogP contribution in [0.3, 0.4) is 0 Å². The number of halogens is 2. The van der Waals surface area contributed by atoms with Crippen molar-refractivity contribution < 1.29 is 9.90 Å². The third-order valence-corrected chi connectivity index (χ3v) is 1.91. The van der Waals surface area contributed by atoms with Crippen molar-refractivity contribution in [2.45, 2.75) is 13.0 Å². The van der Waals surface area contributed by atoms with Gasteiger partial charge in [0.25, 0.3) is 0 Å². The van der Waals surface area contributed by atoms with Gasteiger partial charge in [0.1, 0.15) is 0 Å². The number of nitrogen functional groups attached to an aromatic ring is 1. The fourth-order valence-electron chi connectivity index (χ4n) is 0.737. The van der Waals surface area contributed by atoms with E-state index in [0.717, 1.165) is 0 Å². The number of hydrogen-bond donors (Lipinski definition) is 2. The summed E-state index contributed by atoms with van der Waals surface area (Å²) < 4.78 is 2.18. The fraction of sp³-hybridized carbons (Fsp3) is 0.333. The number of carbonyl (C=O) groups is 1. The average Bonchev–Trinajstić information content (AvgIpc) is 2.28. The Hall–Kier alpha value is -0.750. The van der Waals surface area contributed by atoms with Crippen LogP contribution < -0.4 is 5.73 Å². The number of nitrogens with two attached hydrogens (primary N) is 1. The Morgan fingerprint density at radius 1 is 1.77 bits per heavy atom. The third kappa shape index (κ3) is 3.65. The summed E-state index contributed by atoms with van der Waals surface area (Å²) in [5.41, 5.74) is 5.42. The summed E-state index contributed by atoms with van der Waals surface area (Å²) in [5, 5.41) is 12.2. The Kier molecular flexibility index (Phi) is 4.79. The summed E-state index contributed by atoms with van der Waals surface area (Å²) in [5.74, 6) is -0.472. The summed E-state index contributed by atoms with van der Waals surface area (Å²) >= 11 is 3.17. The highest BCUT2D eigenvalue weighted by Gasteiger charge is 2.03. The van der Waals surface area contributed by atoms with Crippen molar-refractivity contribution in [2.24, 2.45) is 0 Å². The molecule has 1 rings (SSSR count). The standard InChI is InChI=1S/C6H8BrN3O2.ClH/c7-4-3-10(9-6(4)8)2-1-5(11)12;/h3H,1-2H2,(H2,8,9)(H,11,12);1H. The summed E-state index contributed by atoms with van der Waals surface area (Å²) in [6.07, 6.45) is 1.70. The van der Waals surface area contributed by atoms with Gasteiger partial charge >= 0.3 is 5.97 Å². The quantitative estimate of drug-likeness (QED) is 0.862. The van der Waals surface area contributed by atoms with Crippen LogP contribution in [-0.2, 0) is 11.3 Å². The molecule has 1 heterocycles. The topological polar surface area (TPSA) is 81.1 Å². The van der Waals surface area contributed by atoms with Gasteiger partial charge in [0.2, 0.25) is 0 Å². The summed E-state index contributed by atoms with van der Waals surface area (Å²) in [6, 6.07) is 0. The molecule has 3 N–H and O–H groups in total. The van der Waals surface area contributed by atoms with E-state index in [9.17, 15) is 4.79 Å². The Morgan fingerprint density at radius 2 is 2.38 bits per heavy atom. The van der Waals surface area contributed by atoms with Gasteiger partial charge in [-0.1, -0.05) is 0 Å². The highest BCUT2D eigenvalue weighted by Crippen LogP contribution is 2.16. The molecule has 0 amide bonds. The van der Waals surface area contributed by atoms with E-state index >= 15 is 0 Å². The lowest BCUT2D eigenvalue weighted by atomic mass is 10.4. The molecular formula is C6H9BrClN3O2. The van der Waals surface area contributed by atoms with Gasteiger partial charge in [-0.15, -0.1) is 12.4 Å². The molecule has 1 aromatic rings. The molecular weight excluding hydrogens is 261 g/mol. The van der Waals surface area contributed by atoms with Crippen molar-refractivity contribution in [1.29, 1.82) is 0 Å². The second-order valence-electron chi connectivity index (χ2n) is 2.27. The maximum absolute atomic E-state index is 10.2. The van der Waals surface area contributed by atoms with Crippen molar-refractivity contribution in [3.05, 3.63) is 10.7 Å². The molecule has 7 heteroatoms. The van der Waals surface area contributed by atoms with E-state index < -0.39 is 5.97 Å². The van der Waals surface area contributed by atoms with Crippen molar-refractivity contribution in [1.82, 2.24) is 9.78 Å². The van der Waals surface area contributed by atoms with Gasteiger partial charge in [-0.3, -0.25) is 9.48 Å². The number of carboxylic acids is 1. The van der Waals surface area contributed by atoms with Gasteiger partial charge in [0.05, 0.1) is 17.4 Å². The normalized spacial score (nSPS) is 9.31. The molecule has 0 bridgehead atoms. The minimum absolute atomic E-state index is 0. The average molecular weight is 271 g/mol. The fourth-order valence-corrected chi connectivity index (χ4v) is 1.05. The number of aryl methyl sites for hydroxylation is 1. The number of aromatic nitrogens is 2. The Labute approximate surface area is 89.4 Å². The molecule has 0 aromatic carbocycles. The molecule has 1 aromatic heterocycles. The van der Waals surface area contributed by atoms with Gasteiger partial charge in [-0.25, -0.2) is 0 Å². The third-order valence-electron chi connectivity index (χ3n) is 1.30. The van der Waals surface area contributed by atoms with E-state index in [-0.39, 0.29) is 18.8 Å². The minimum Gasteiger partial charge on any atom is -0.481 e. The first-order chi connectivity index (χ1) is 5.59. The SMILES string of the molecule is Cl.Nc1nn(CCC(=O)O)cc1Br. The van der Waals surface area contributed by atoms with E-state index in [0.29, 0.717) is 16.8 Å². The van der Waals surface area contributed by atoms with Gasteiger partial charge in [0, 0.05) is 6.20 Å². The predicted octanol–water partition coefficient (Wildman–Crippen LogP) is 1.12. The lowest BCUT2D eigenvalue weighted by Crippen LogP contribution is -2.05. The number of carboxylic acid groups (broad SMARTS) is 1. The molecule has 0 radical (unpaired) electrons. The molecule has 0 aliphatic heterocycles. The monoisotopic (exact) mass is 269 g/mol. The maximum atomic E-state index is 10.2. The van der Waals surface area contributed by atoms with Crippen molar-refractivity contribution in [3.63, 3.8) is 0 Å². The lowest BCUT2D eigenvalue weighted by Gasteiger charge is -1.95. The van der Waals surface area contributed by atoms with Crippen molar-refractivity contribution in [3.8, 4) is 0 Å². The second-order valence-corrected chi connectivity index (χ2v) is 3.12. The second kappa shape index (κ2) is 5.08.